The fraction of sp³-hybridized carbons (Fsp3) is 0.130. The summed E-state index contributed by atoms with van der Waals surface area (Å²) >= 11 is 0. The molecule has 0 N–H and O–H groups in total. The van der Waals surface area contributed by atoms with Crippen molar-refractivity contribution in [2.24, 2.45) is 0 Å². The summed E-state index contributed by atoms with van der Waals surface area (Å²) in [5.41, 5.74) is 2.61. The zero-order valence-electron chi connectivity index (χ0n) is 15.0. The second kappa shape index (κ2) is 8.21. The quantitative estimate of drug-likeness (QED) is 0.142. The molecule has 0 unspecified atom stereocenters. The van der Waals surface area contributed by atoms with Crippen molar-refractivity contribution < 1.29 is 21.1 Å². The van der Waals surface area contributed by atoms with Crippen LogP contribution in [-0.2, 0) is 21.1 Å². The maximum atomic E-state index is 3.91. The predicted octanol–water partition coefficient (Wildman–Crippen LogP) is 7.07. The van der Waals surface area contributed by atoms with E-state index >= 15 is 0 Å². The van der Waals surface area contributed by atoms with Gasteiger partial charge in [0.05, 0.1) is 0 Å². The maximum absolute atomic E-state index is 3.91. The fourth-order valence-electron chi connectivity index (χ4n) is 2.77. The molecule has 0 spiro atoms. The molecule has 130 valence electrons. The zero-order valence-corrected chi connectivity index (χ0v) is 18.3. The Bertz CT molecular complexity index is 941. The van der Waals surface area contributed by atoms with E-state index in [-0.39, 0.29) is 21.1 Å². The summed E-state index contributed by atoms with van der Waals surface area (Å²) in [7, 11) is -0.861. The summed E-state index contributed by atoms with van der Waals surface area (Å²) in [6.07, 6.45) is 0. The van der Waals surface area contributed by atoms with Crippen molar-refractivity contribution in [3.05, 3.63) is 85.4 Å². The van der Waals surface area contributed by atoms with E-state index in [4.69, 9.17) is 0 Å². The molecule has 0 atom stereocenters. The molecule has 2 heteroatoms. The van der Waals surface area contributed by atoms with E-state index in [1.165, 1.54) is 32.7 Å². The Morgan fingerprint density at radius 3 is 1.96 bits per heavy atom. The van der Waals surface area contributed by atoms with E-state index in [2.05, 4.69) is 105 Å². The Kier molecular flexibility index (Phi) is 6.49. The monoisotopic (exact) mass is 523 g/mol. The molecule has 4 aromatic carbocycles. The third-order valence-electron chi connectivity index (χ3n) is 3.72. The molecule has 25 heavy (non-hydrogen) atoms. The van der Waals surface area contributed by atoms with E-state index < -0.39 is 8.07 Å². The van der Waals surface area contributed by atoms with Crippen LogP contribution in [0.4, 0.5) is 0 Å². The van der Waals surface area contributed by atoms with Crippen LogP contribution in [0.15, 0.2) is 78.9 Å². The van der Waals surface area contributed by atoms with Gasteiger partial charge in [0.2, 0.25) is 0 Å². The first kappa shape index (κ1) is 19.8. The first-order valence-corrected chi connectivity index (χ1v) is 12.1. The smallest absolute Gasteiger partial charge is 0.342 e. The standard InChI is InChI=1S/C19H13.C4H11Si.Pt/c1-2-7-14(6-1)18-11-5-10-17-12-15-8-3-4-9-16(15)13-19(17)18;1-5(2,3)4;/h1-13H;1H2,2-4H3;/q2*-1;+2. The molecule has 0 aliphatic heterocycles. The molecule has 0 aromatic heterocycles. The molecule has 0 heterocycles. The van der Waals surface area contributed by atoms with Crippen LogP contribution in [0.3, 0.4) is 0 Å². The predicted molar refractivity (Wildman–Crippen MR) is 111 cm³/mol. The van der Waals surface area contributed by atoms with Gasteiger partial charge in [0.15, 0.2) is 0 Å². The third kappa shape index (κ3) is 5.20. The van der Waals surface area contributed by atoms with Crippen molar-refractivity contribution in [3.8, 4) is 11.1 Å². The van der Waals surface area contributed by atoms with Gasteiger partial charge in [-0.1, -0.05) is 79.1 Å². The van der Waals surface area contributed by atoms with Crippen LogP contribution in [-0.4, -0.2) is 8.07 Å². The molecule has 4 aromatic rings. The summed E-state index contributed by atoms with van der Waals surface area (Å²) in [5.74, 6) is 0. The van der Waals surface area contributed by atoms with E-state index in [0.717, 1.165) is 0 Å². The number of fused-ring (bicyclic) bond motifs is 2. The summed E-state index contributed by atoms with van der Waals surface area (Å²) in [4.78, 5) is 0. The van der Waals surface area contributed by atoms with Crippen LogP contribution in [0, 0.1) is 6.55 Å². The first-order valence-electron chi connectivity index (χ1n) is 8.41. The van der Waals surface area contributed by atoms with Gasteiger partial charge in [-0.3, -0.25) is 0 Å². The van der Waals surface area contributed by atoms with Gasteiger partial charge in [-0.05, 0) is 22.2 Å². The second-order valence-electron chi connectivity index (χ2n) is 7.46. The molecule has 0 aliphatic rings. The zero-order chi connectivity index (χ0) is 17.2. The van der Waals surface area contributed by atoms with E-state index in [1.807, 2.05) is 0 Å². The van der Waals surface area contributed by atoms with Crippen molar-refractivity contribution in [2.45, 2.75) is 19.6 Å². The number of benzene rings is 3. The second-order valence-corrected chi connectivity index (χ2v) is 12.6. The minimum absolute atomic E-state index is 0. The van der Waals surface area contributed by atoms with Gasteiger partial charge in [0.1, 0.15) is 0 Å². The van der Waals surface area contributed by atoms with Gasteiger partial charge in [-0.15, -0.1) is 19.7 Å². The Hall–Kier alpha value is -1.56. The largest absolute Gasteiger partial charge is 2.00 e. The van der Waals surface area contributed by atoms with E-state index in [9.17, 15) is 0 Å². The Morgan fingerprint density at radius 2 is 1.36 bits per heavy atom. The molecule has 0 amide bonds. The maximum Gasteiger partial charge on any atom is 2.00 e. The van der Waals surface area contributed by atoms with Gasteiger partial charge >= 0.3 is 21.1 Å². The summed E-state index contributed by atoms with van der Waals surface area (Å²) in [6, 6.07) is 28.2. The van der Waals surface area contributed by atoms with Gasteiger partial charge in [-0.25, -0.2) is 0 Å². The van der Waals surface area contributed by atoms with Crippen LogP contribution in [0.5, 0.6) is 0 Å². The van der Waals surface area contributed by atoms with Crippen LogP contribution in [0.2, 0.25) is 19.6 Å². The average Bonchev–Trinajstić information content (AvgIpc) is 3.05. The number of hydrogen-bond donors (Lipinski definition) is 0. The van der Waals surface area contributed by atoms with Crippen molar-refractivity contribution in [1.82, 2.24) is 0 Å². The molecule has 0 saturated heterocycles. The first-order chi connectivity index (χ1) is 11.4. The third-order valence-corrected chi connectivity index (χ3v) is 3.72. The SMILES string of the molecule is [CH2-][Si](C)(C)C.[Pt+2].c1c[cH-]c(-c2cccc3cc4ccccc4cc23)c1. The molecule has 0 fully saturated rings. The fourth-order valence-corrected chi connectivity index (χ4v) is 2.77. The molecule has 4 rings (SSSR count). The van der Waals surface area contributed by atoms with Crippen molar-refractivity contribution in [3.63, 3.8) is 0 Å². The number of hydrogen-bond acceptors (Lipinski definition) is 0. The van der Waals surface area contributed by atoms with Crippen LogP contribution in [0.1, 0.15) is 0 Å². The van der Waals surface area contributed by atoms with E-state index in [0.29, 0.717) is 0 Å². The molecular formula is C23H24PtSi. The van der Waals surface area contributed by atoms with Gasteiger partial charge < -0.3 is 6.55 Å². The Balaban J connectivity index is 0.000000335. The van der Waals surface area contributed by atoms with Crippen molar-refractivity contribution >= 4 is 29.6 Å². The van der Waals surface area contributed by atoms with Crippen LogP contribution >= 0.6 is 0 Å². The summed E-state index contributed by atoms with van der Waals surface area (Å²) in [5, 5.41) is 5.23. The Morgan fingerprint density at radius 1 is 0.760 bits per heavy atom. The van der Waals surface area contributed by atoms with E-state index in [1.54, 1.807) is 0 Å². The van der Waals surface area contributed by atoms with Gasteiger partial charge in [-0.2, -0.15) is 18.2 Å². The van der Waals surface area contributed by atoms with Crippen LogP contribution in [0.25, 0.3) is 32.7 Å². The van der Waals surface area contributed by atoms with Crippen molar-refractivity contribution in [1.29, 1.82) is 0 Å². The minimum atomic E-state index is -0.861. The molecule has 0 radical (unpaired) electrons. The molecular weight excluding hydrogens is 499 g/mol. The topological polar surface area (TPSA) is 0 Å². The molecule has 0 aliphatic carbocycles. The molecule has 0 nitrogen and oxygen atoms in total. The van der Waals surface area contributed by atoms with Gasteiger partial charge in [0, 0.05) is 0 Å². The van der Waals surface area contributed by atoms with Crippen LogP contribution < -0.4 is 0 Å². The summed E-state index contributed by atoms with van der Waals surface area (Å²) in [6.45, 7) is 10.6. The normalized spacial score (nSPS) is 10.9. The number of rotatable bonds is 1. The molecule has 0 saturated carbocycles. The Labute approximate surface area is 166 Å². The summed E-state index contributed by atoms with van der Waals surface area (Å²) < 4.78 is 0. The molecule has 0 bridgehead atoms. The van der Waals surface area contributed by atoms with Crippen molar-refractivity contribution in [2.75, 3.05) is 0 Å². The minimum Gasteiger partial charge on any atom is -0.342 e. The average molecular weight is 524 g/mol. The van der Waals surface area contributed by atoms with Gasteiger partial charge in [0.25, 0.3) is 0 Å².